The van der Waals surface area contributed by atoms with Gasteiger partial charge in [0.05, 0.1) is 6.26 Å². The van der Waals surface area contributed by atoms with Crippen molar-refractivity contribution in [1.29, 1.82) is 0 Å². The highest BCUT2D eigenvalue weighted by Crippen LogP contribution is 2.25. The van der Waals surface area contributed by atoms with Gasteiger partial charge in [0.2, 0.25) is 10.0 Å². The Hall–Kier alpha value is -2.49. The van der Waals surface area contributed by atoms with Crippen LogP contribution in [-0.2, 0) is 16.6 Å². The van der Waals surface area contributed by atoms with E-state index >= 15 is 0 Å². The molecule has 0 bridgehead atoms. The third-order valence-corrected chi connectivity index (χ3v) is 8.02. The van der Waals surface area contributed by atoms with E-state index in [0.717, 1.165) is 51.0 Å². The topological polar surface area (TPSA) is 91.0 Å². The Morgan fingerprint density at radius 1 is 0.947 bits per heavy atom. The number of hydrogen-bond acceptors (Lipinski definition) is 5. The van der Waals surface area contributed by atoms with Crippen molar-refractivity contribution in [2.45, 2.75) is 57.5 Å². The van der Waals surface area contributed by atoms with Crippen LogP contribution in [-0.4, -0.2) is 63.2 Å². The highest BCUT2D eigenvalue weighted by molar-refractivity contribution is 7.92. The smallest absolute Gasteiger partial charge is 0.317 e. The molecule has 2 fully saturated rings. The second-order valence-electron chi connectivity index (χ2n) is 10.5. The molecule has 0 spiro atoms. The van der Waals surface area contributed by atoms with E-state index in [2.05, 4.69) is 27.1 Å². The van der Waals surface area contributed by atoms with Crippen LogP contribution in [0.4, 0.5) is 10.5 Å². The van der Waals surface area contributed by atoms with Crippen LogP contribution in [0.5, 0.6) is 11.5 Å². The molecule has 2 aromatic rings. The van der Waals surface area contributed by atoms with E-state index in [1.54, 1.807) is 24.3 Å². The van der Waals surface area contributed by atoms with Crippen molar-refractivity contribution in [2.24, 2.45) is 5.92 Å². The summed E-state index contributed by atoms with van der Waals surface area (Å²) >= 11 is 0. The maximum absolute atomic E-state index is 12.7. The lowest BCUT2D eigenvalue weighted by Gasteiger charge is -2.37. The Morgan fingerprint density at radius 2 is 1.53 bits per heavy atom. The van der Waals surface area contributed by atoms with Gasteiger partial charge in [-0.15, -0.1) is 12.4 Å². The molecule has 210 valence electrons. The lowest BCUT2D eigenvalue weighted by Crippen LogP contribution is -2.49. The Morgan fingerprint density at radius 3 is 2.11 bits per heavy atom. The number of urea groups is 1. The first-order valence-corrected chi connectivity index (χ1v) is 15.2. The number of benzene rings is 2. The Kier molecular flexibility index (Phi) is 11.1. The number of rotatable bonds is 9. The van der Waals surface area contributed by atoms with E-state index in [4.69, 9.17) is 4.74 Å². The van der Waals surface area contributed by atoms with Crippen LogP contribution < -0.4 is 14.8 Å². The van der Waals surface area contributed by atoms with Gasteiger partial charge >= 0.3 is 6.03 Å². The average molecular weight is 565 g/mol. The minimum atomic E-state index is -3.30. The van der Waals surface area contributed by atoms with E-state index in [-0.39, 0.29) is 24.5 Å². The van der Waals surface area contributed by atoms with Gasteiger partial charge in [-0.3, -0.25) is 9.62 Å². The zero-order chi connectivity index (χ0) is 26.3. The van der Waals surface area contributed by atoms with Crippen molar-refractivity contribution < 1.29 is 17.9 Å². The van der Waals surface area contributed by atoms with Crippen molar-refractivity contribution in [3.05, 3.63) is 54.1 Å². The first-order valence-electron chi connectivity index (χ1n) is 13.3. The van der Waals surface area contributed by atoms with Gasteiger partial charge in [-0.05, 0) is 73.6 Å². The van der Waals surface area contributed by atoms with Gasteiger partial charge in [-0.2, -0.15) is 0 Å². The van der Waals surface area contributed by atoms with Crippen molar-refractivity contribution in [3.8, 4) is 11.5 Å². The second-order valence-corrected chi connectivity index (χ2v) is 12.2. The fourth-order valence-corrected chi connectivity index (χ4v) is 5.80. The maximum atomic E-state index is 12.7. The fourth-order valence-electron chi connectivity index (χ4n) is 5.24. The maximum Gasteiger partial charge on any atom is 0.317 e. The molecule has 2 aromatic carbocycles. The highest BCUT2D eigenvalue weighted by Gasteiger charge is 2.26. The SMILES string of the molecule is CN(C(=O)NCC1CCCCC1)C1CCN(Cc2ccc(Oc3ccc(NS(C)(=O)=O)cc3)cc2)CC1.Cl. The summed E-state index contributed by atoms with van der Waals surface area (Å²) in [5.74, 6) is 2.02. The summed E-state index contributed by atoms with van der Waals surface area (Å²) in [5, 5.41) is 3.17. The zero-order valence-corrected chi connectivity index (χ0v) is 24.0. The molecule has 38 heavy (non-hydrogen) atoms. The minimum absolute atomic E-state index is 0. The van der Waals surface area contributed by atoms with Crippen molar-refractivity contribution >= 4 is 34.1 Å². The molecule has 1 saturated heterocycles. The normalized spacial score (nSPS) is 17.3. The molecule has 2 aliphatic rings. The quantitative estimate of drug-likeness (QED) is 0.422. The average Bonchev–Trinajstić information content (AvgIpc) is 2.89. The Bertz CT molecular complexity index is 1110. The molecule has 2 N–H and O–H groups in total. The van der Waals surface area contributed by atoms with Gasteiger partial charge in [-0.25, -0.2) is 13.2 Å². The number of nitrogens with zero attached hydrogens (tertiary/aromatic N) is 2. The molecular weight excluding hydrogens is 524 g/mol. The summed E-state index contributed by atoms with van der Waals surface area (Å²) in [7, 11) is -1.36. The molecule has 10 heteroatoms. The molecule has 0 aromatic heterocycles. The molecule has 0 atom stereocenters. The van der Waals surface area contributed by atoms with Crippen LogP contribution in [0.25, 0.3) is 0 Å². The van der Waals surface area contributed by atoms with Crippen molar-refractivity contribution in [1.82, 2.24) is 15.1 Å². The monoisotopic (exact) mass is 564 g/mol. The van der Waals surface area contributed by atoms with Gasteiger partial charge in [0, 0.05) is 45.0 Å². The number of anilines is 1. The number of sulfonamides is 1. The molecule has 1 saturated carbocycles. The van der Waals surface area contributed by atoms with Crippen LogP contribution in [0.2, 0.25) is 0 Å². The molecule has 4 rings (SSSR count). The number of amides is 2. The number of likely N-dealkylation sites (tertiary alicyclic amines) is 1. The lowest BCUT2D eigenvalue weighted by molar-refractivity contribution is 0.130. The van der Waals surface area contributed by atoms with Crippen molar-refractivity contribution in [2.75, 3.05) is 37.7 Å². The standard InChI is InChI=1S/C28H40N4O4S.ClH/c1-31(28(33)29-20-22-6-4-3-5-7-22)25-16-18-32(19-17-25)21-23-8-12-26(13-9-23)36-27-14-10-24(11-15-27)30-37(2,34)35;/h8-15,22,25,30H,3-7,16-21H2,1-2H3,(H,29,33);1H. The van der Waals surface area contributed by atoms with Gasteiger partial charge in [0.15, 0.2) is 0 Å². The summed E-state index contributed by atoms with van der Waals surface area (Å²) < 4.78 is 31.0. The number of piperidine rings is 1. The van der Waals surface area contributed by atoms with Crippen LogP contribution in [0.1, 0.15) is 50.5 Å². The summed E-state index contributed by atoms with van der Waals surface area (Å²) in [6.07, 6.45) is 9.51. The molecule has 2 amide bonds. The van der Waals surface area contributed by atoms with Crippen LogP contribution in [0, 0.1) is 5.92 Å². The third kappa shape index (κ3) is 9.36. The molecule has 0 radical (unpaired) electrons. The molecule has 1 heterocycles. The number of carbonyl (C=O) groups is 1. The summed E-state index contributed by atoms with van der Waals surface area (Å²) in [6, 6.07) is 15.2. The summed E-state index contributed by atoms with van der Waals surface area (Å²) in [4.78, 5) is 17.0. The van der Waals surface area contributed by atoms with E-state index in [1.165, 1.54) is 37.7 Å². The predicted molar refractivity (Wildman–Crippen MR) is 155 cm³/mol. The van der Waals surface area contributed by atoms with Crippen LogP contribution in [0.3, 0.4) is 0 Å². The fraction of sp³-hybridized carbons (Fsp3) is 0.536. The summed E-state index contributed by atoms with van der Waals surface area (Å²) in [5.41, 5.74) is 1.72. The Balaban J connectivity index is 0.00000400. The number of halogens is 1. The highest BCUT2D eigenvalue weighted by atomic mass is 35.5. The van der Waals surface area contributed by atoms with E-state index < -0.39 is 10.0 Å². The number of ether oxygens (including phenoxy) is 1. The molecular formula is C28H41ClN4O4S. The third-order valence-electron chi connectivity index (χ3n) is 7.41. The second kappa shape index (κ2) is 14.1. The van der Waals surface area contributed by atoms with E-state index in [0.29, 0.717) is 17.4 Å². The van der Waals surface area contributed by atoms with Gasteiger partial charge in [-0.1, -0.05) is 31.4 Å². The minimum Gasteiger partial charge on any atom is -0.457 e. The van der Waals surface area contributed by atoms with Gasteiger partial charge in [0.1, 0.15) is 11.5 Å². The van der Waals surface area contributed by atoms with E-state index in [9.17, 15) is 13.2 Å². The predicted octanol–water partition coefficient (Wildman–Crippen LogP) is 5.46. The first-order chi connectivity index (χ1) is 17.7. The zero-order valence-electron chi connectivity index (χ0n) is 22.4. The first kappa shape index (κ1) is 30.1. The molecule has 0 unspecified atom stereocenters. The molecule has 1 aliphatic carbocycles. The number of carbonyl (C=O) groups excluding carboxylic acids is 1. The van der Waals surface area contributed by atoms with Crippen LogP contribution in [0.15, 0.2) is 48.5 Å². The van der Waals surface area contributed by atoms with Gasteiger partial charge in [0.25, 0.3) is 0 Å². The number of hydrogen-bond donors (Lipinski definition) is 2. The Labute approximate surface area is 233 Å². The lowest BCUT2D eigenvalue weighted by atomic mass is 9.89. The summed E-state index contributed by atoms with van der Waals surface area (Å²) in [6.45, 7) is 3.62. The molecule has 1 aliphatic heterocycles. The number of nitrogens with one attached hydrogen (secondary N) is 2. The van der Waals surface area contributed by atoms with E-state index in [1.807, 2.05) is 24.1 Å². The molecule has 8 nitrogen and oxygen atoms in total. The largest absolute Gasteiger partial charge is 0.457 e. The van der Waals surface area contributed by atoms with Gasteiger partial charge < -0.3 is 15.0 Å². The van der Waals surface area contributed by atoms with Crippen LogP contribution >= 0.6 is 12.4 Å². The van der Waals surface area contributed by atoms with Crippen molar-refractivity contribution in [3.63, 3.8) is 0 Å².